The molecule has 0 saturated carbocycles. The lowest BCUT2D eigenvalue weighted by Crippen LogP contribution is -2.29. The molecule has 1 unspecified atom stereocenters. The normalized spacial score (nSPS) is 24.8. The maximum atomic E-state index is 9.03. The summed E-state index contributed by atoms with van der Waals surface area (Å²) in [5.41, 5.74) is 1.15. The van der Waals surface area contributed by atoms with Gasteiger partial charge in [-0.25, -0.2) is 4.98 Å². The minimum Gasteiger partial charge on any atom is -0.355 e. The molecule has 1 spiro atoms. The van der Waals surface area contributed by atoms with E-state index in [-0.39, 0.29) is 0 Å². The quantitative estimate of drug-likeness (QED) is 0.869. The standard InChI is InChI=1S/C17H18N4/c18-10-13-1-2-15-14(9-13)3-6-20-16(15)21-8-5-17(12-21)4-7-19-11-17/h1-3,6,9,19H,4-5,7-8,11-12H2. The number of rotatable bonds is 1. The van der Waals surface area contributed by atoms with Gasteiger partial charge in [-0.2, -0.15) is 5.26 Å². The number of aromatic nitrogens is 1. The molecule has 2 saturated heterocycles. The Morgan fingerprint density at radius 2 is 2.24 bits per heavy atom. The van der Waals surface area contributed by atoms with Crippen LogP contribution >= 0.6 is 0 Å². The summed E-state index contributed by atoms with van der Waals surface area (Å²) in [5.74, 6) is 1.07. The Balaban J connectivity index is 1.72. The number of nitrogens with one attached hydrogen (secondary N) is 1. The summed E-state index contributed by atoms with van der Waals surface area (Å²) in [5, 5.41) is 14.8. The van der Waals surface area contributed by atoms with E-state index < -0.39 is 0 Å². The molecule has 2 aliphatic rings. The minimum atomic E-state index is 0.441. The Morgan fingerprint density at radius 3 is 3.05 bits per heavy atom. The van der Waals surface area contributed by atoms with Crippen molar-refractivity contribution in [2.45, 2.75) is 12.8 Å². The molecule has 1 atom stereocenters. The number of pyridine rings is 1. The van der Waals surface area contributed by atoms with Crippen molar-refractivity contribution in [2.75, 3.05) is 31.1 Å². The van der Waals surface area contributed by atoms with Gasteiger partial charge in [-0.3, -0.25) is 0 Å². The molecule has 2 fully saturated rings. The highest BCUT2D eigenvalue weighted by Gasteiger charge is 2.40. The third-order valence-electron chi connectivity index (χ3n) is 4.94. The average molecular weight is 278 g/mol. The van der Waals surface area contributed by atoms with Gasteiger partial charge in [0.25, 0.3) is 0 Å². The van der Waals surface area contributed by atoms with Crippen LogP contribution in [-0.2, 0) is 0 Å². The van der Waals surface area contributed by atoms with Gasteiger partial charge in [0.05, 0.1) is 11.6 Å². The molecular formula is C17H18N4. The van der Waals surface area contributed by atoms with Crippen molar-refractivity contribution in [3.8, 4) is 6.07 Å². The molecule has 3 heterocycles. The van der Waals surface area contributed by atoms with E-state index in [1.54, 1.807) is 0 Å². The monoisotopic (exact) mass is 278 g/mol. The van der Waals surface area contributed by atoms with E-state index >= 15 is 0 Å². The third-order valence-corrected chi connectivity index (χ3v) is 4.94. The van der Waals surface area contributed by atoms with Crippen molar-refractivity contribution in [1.29, 1.82) is 5.26 Å². The predicted octanol–water partition coefficient (Wildman–Crippen LogP) is 2.30. The fourth-order valence-corrected chi connectivity index (χ4v) is 3.74. The van der Waals surface area contributed by atoms with Crippen molar-refractivity contribution in [2.24, 2.45) is 5.41 Å². The molecule has 0 aliphatic carbocycles. The summed E-state index contributed by atoms with van der Waals surface area (Å²) in [6, 6.07) is 10.1. The Kier molecular flexibility index (Phi) is 2.83. The van der Waals surface area contributed by atoms with Crippen LogP contribution < -0.4 is 10.2 Å². The van der Waals surface area contributed by atoms with Crippen LogP contribution in [0, 0.1) is 16.7 Å². The van der Waals surface area contributed by atoms with E-state index in [0.717, 1.165) is 42.8 Å². The van der Waals surface area contributed by atoms with Gasteiger partial charge in [0.2, 0.25) is 0 Å². The van der Waals surface area contributed by atoms with Crippen LogP contribution in [0.3, 0.4) is 0 Å². The van der Waals surface area contributed by atoms with E-state index in [9.17, 15) is 0 Å². The number of benzene rings is 1. The molecule has 0 radical (unpaired) electrons. The van der Waals surface area contributed by atoms with Crippen molar-refractivity contribution >= 4 is 16.6 Å². The van der Waals surface area contributed by atoms with Gasteiger partial charge in [0, 0.05) is 36.6 Å². The second-order valence-electron chi connectivity index (χ2n) is 6.28. The van der Waals surface area contributed by atoms with Crippen LogP contribution in [0.25, 0.3) is 10.8 Å². The van der Waals surface area contributed by atoms with Crippen molar-refractivity contribution in [3.05, 3.63) is 36.0 Å². The molecule has 1 aromatic carbocycles. The van der Waals surface area contributed by atoms with Crippen molar-refractivity contribution in [3.63, 3.8) is 0 Å². The van der Waals surface area contributed by atoms with E-state index in [1.165, 1.54) is 12.8 Å². The molecule has 21 heavy (non-hydrogen) atoms. The van der Waals surface area contributed by atoms with Gasteiger partial charge in [-0.05, 0) is 49.0 Å². The number of nitriles is 1. The molecule has 106 valence electrons. The zero-order chi connectivity index (χ0) is 14.3. The highest BCUT2D eigenvalue weighted by molar-refractivity contribution is 5.93. The second kappa shape index (κ2) is 4.71. The molecule has 0 bridgehead atoms. The lowest BCUT2D eigenvalue weighted by atomic mass is 9.86. The molecule has 1 aromatic heterocycles. The number of fused-ring (bicyclic) bond motifs is 1. The van der Waals surface area contributed by atoms with E-state index in [1.807, 2.05) is 30.5 Å². The zero-order valence-electron chi connectivity index (χ0n) is 12.0. The van der Waals surface area contributed by atoms with Crippen LogP contribution in [0.2, 0.25) is 0 Å². The number of nitrogens with zero attached hydrogens (tertiary/aromatic N) is 3. The lowest BCUT2D eigenvalue weighted by Gasteiger charge is -2.24. The van der Waals surface area contributed by atoms with Crippen LogP contribution in [-0.4, -0.2) is 31.2 Å². The summed E-state index contributed by atoms with van der Waals surface area (Å²) in [6.45, 7) is 4.44. The fraction of sp³-hybridized carbons (Fsp3) is 0.412. The fourth-order valence-electron chi connectivity index (χ4n) is 3.74. The van der Waals surface area contributed by atoms with Gasteiger partial charge in [-0.15, -0.1) is 0 Å². The average Bonchev–Trinajstić information content (AvgIpc) is 3.16. The van der Waals surface area contributed by atoms with E-state index in [4.69, 9.17) is 5.26 Å². The van der Waals surface area contributed by atoms with E-state index in [0.29, 0.717) is 11.0 Å². The van der Waals surface area contributed by atoms with Crippen LogP contribution in [0.1, 0.15) is 18.4 Å². The molecule has 4 nitrogen and oxygen atoms in total. The highest BCUT2D eigenvalue weighted by Crippen LogP contribution is 2.39. The molecule has 4 rings (SSSR count). The smallest absolute Gasteiger partial charge is 0.136 e. The first-order valence-corrected chi connectivity index (χ1v) is 7.54. The van der Waals surface area contributed by atoms with Crippen LogP contribution in [0.4, 0.5) is 5.82 Å². The number of hydrogen-bond donors (Lipinski definition) is 1. The predicted molar refractivity (Wildman–Crippen MR) is 83.2 cm³/mol. The molecule has 0 amide bonds. The molecular weight excluding hydrogens is 260 g/mol. The topological polar surface area (TPSA) is 52.0 Å². The minimum absolute atomic E-state index is 0.441. The van der Waals surface area contributed by atoms with Gasteiger partial charge in [0.15, 0.2) is 0 Å². The summed E-state index contributed by atoms with van der Waals surface area (Å²) < 4.78 is 0. The maximum Gasteiger partial charge on any atom is 0.136 e. The molecule has 1 N–H and O–H groups in total. The van der Waals surface area contributed by atoms with E-state index in [2.05, 4.69) is 21.3 Å². The first-order valence-electron chi connectivity index (χ1n) is 7.54. The van der Waals surface area contributed by atoms with Crippen LogP contribution in [0.15, 0.2) is 30.5 Å². The first kappa shape index (κ1) is 12.6. The molecule has 4 heteroatoms. The van der Waals surface area contributed by atoms with Crippen molar-refractivity contribution in [1.82, 2.24) is 10.3 Å². The third kappa shape index (κ3) is 2.05. The second-order valence-corrected chi connectivity index (χ2v) is 6.28. The number of hydrogen-bond acceptors (Lipinski definition) is 4. The van der Waals surface area contributed by atoms with Gasteiger partial charge < -0.3 is 10.2 Å². The Labute approximate surface area is 124 Å². The largest absolute Gasteiger partial charge is 0.355 e. The van der Waals surface area contributed by atoms with Gasteiger partial charge >= 0.3 is 0 Å². The Bertz CT molecular complexity index is 725. The summed E-state index contributed by atoms with van der Waals surface area (Å²) in [4.78, 5) is 7.04. The summed E-state index contributed by atoms with van der Waals surface area (Å²) >= 11 is 0. The summed E-state index contributed by atoms with van der Waals surface area (Å²) in [7, 11) is 0. The summed E-state index contributed by atoms with van der Waals surface area (Å²) in [6.07, 6.45) is 4.37. The first-order chi connectivity index (χ1) is 10.3. The van der Waals surface area contributed by atoms with Gasteiger partial charge in [-0.1, -0.05) is 0 Å². The molecule has 2 aliphatic heterocycles. The van der Waals surface area contributed by atoms with Crippen molar-refractivity contribution < 1.29 is 0 Å². The highest BCUT2D eigenvalue weighted by atomic mass is 15.2. The SMILES string of the molecule is N#Cc1ccc2c(N3CCC4(CCNC4)C3)nccc2c1. The lowest BCUT2D eigenvalue weighted by molar-refractivity contribution is 0.369. The number of anilines is 1. The maximum absolute atomic E-state index is 9.03. The zero-order valence-corrected chi connectivity index (χ0v) is 12.0. The Morgan fingerprint density at radius 1 is 1.29 bits per heavy atom. The van der Waals surface area contributed by atoms with Crippen LogP contribution in [0.5, 0.6) is 0 Å². The van der Waals surface area contributed by atoms with Gasteiger partial charge in [0.1, 0.15) is 5.82 Å². The Hall–Kier alpha value is -2.12. The molecule has 2 aromatic rings.